The number of aliphatic hydroxyl groups excluding tert-OH is 1. The van der Waals surface area contributed by atoms with Crippen LogP contribution in [0.15, 0.2) is 48.6 Å². The molecule has 0 amide bonds. The summed E-state index contributed by atoms with van der Waals surface area (Å²) in [6.45, 7) is 0. The van der Waals surface area contributed by atoms with Gasteiger partial charge >= 0.3 is 5.79 Å². The van der Waals surface area contributed by atoms with Gasteiger partial charge in [0.25, 0.3) is 0 Å². The van der Waals surface area contributed by atoms with Crippen molar-refractivity contribution in [3.8, 4) is 0 Å². The van der Waals surface area contributed by atoms with Gasteiger partial charge < -0.3 is 5.11 Å². The van der Waals surface area contributed by atoms with Crippen molar-refractivity contribution in [2.75, 3.05) is 0 Å². The number of halogens is 1. The molecule has 1 aromatic rings. The van der Waals surface area contributed by atoms with Crippen LogP contribution in [0.25, 0.3) is 5.57 Å². The maximum absolute atomic E-state index is 13.7. The molecule has 17 heavy (non-hydrogen) atoms. The Hall–Kier alpha value is -2.01. The van der Waals surface area contributed by atoms with Gasteiger partial charge in [-0.15, -0.1) is 0 Å². The van der Waals surface area contributed by atoms with Crippen molar-refractivity contribution in [1.82, 2.24) is 0 Å². The SMILES string of the molecule is O=[N+]([O-])C1(F)C=CC(c2ccccc2)=CC1O. The summed E-state index contributed by atoms with van der Waals surface area (Å²) in [4.78, 5) is 9.39. The van der Waals surface area contributed by atoms with Crippen LogP contribution in [-0.2, 0) is 0 Å². The fourth-order valence-corrected chi connectivity index (χ4v) is 1.64. The van der Waals surface area contributed by atoms with Gasteiger partial charge in [-0.05, 0) is 23.3 Å². The van der Waals surface area contributed by atoms with Gasteiger partial charge in [-0.3, -0.25) is 10.1 Å². The van der Waals surface area contributed by atoms with Gasteiger partial charge in [0.15, 0.2) is 6.10 Å². The number of aliphatic hydroxyl groups is 1. The number of allylic oxidation sites excluding steroid dienone is 2. The largest absolute Gasteiger partial charge is 0.407 e. The maximum atomic E-state index is 13.7. The van der Waals surface area contributed by atoms with Crippen LogP contribution in [-0.4, -0.2) is 21.9 Å². The third-order valence-corrected chi connectivity index (χ3v) is 2.64. The molecule has 0 radical (unpaired) electrons. The highest BCUT2D eigenvalue weighted by atomic mass is 19.1. The number of hydrogen-bond acceptors (Lipinski definition) is 3. The maximum Gasteiger partial charge on any atom is 0.407 e. The Balaban J connectivity index is 2.34. The summed E-state index contributed by atoms with van der Waals surface area (Å²) < 4.78 is 13.7. The van der Waals surface area contributed by atoms with E-state index in [0.717, 1.165) is 17.7 Å². The molecule has 4 nitrogen and oxygen atoms in total. The summed E-state index contributed by atoms with van der Waals surface area (Å²) >= 11 is 0. The summed E-state index contributed by atoms with van der Waals surface area (Å²) in [5, 5.41) is 20.0. The molecule has 2 unspecified atom stereocenters. The zero-order valence-electron chi connectivity index (χ0n) is 8.79. The van der Waals surface area contributed by atoms with E-state index in [1.54, 1.807) is 24.3 Å². The number of hydrogen-bond donors (Lipinski definition) is 1. The molecule has 0 aliphatic heterocycles. The average Bonchev–Trinajstić information content (AvgIpc) is 2.33. The second-order valence-corrected chi connectivity index (χ2v) is 3.75. The Morgan fingerprint density at radius 3 is 2.53 bits per heavy atom. The molecule has 0 saturated heterocycles. The van der Waals surface area contributed by atoms with Gasteiger partial charge in [0.1, 0.15) is 0 Å². The Morgan fingerprint density at radius 2 is 2.00 bits per heavy atom. The summed E-state index contributed by atoms with van der Waals surface area (Å²) in [5.41, 5.74) is 1.33. The molecule has 0 bridgehead atoms. The molecule has 2 atom stereocenters. The van der Waals surface area contributed by atoms with Gasteiger partial charge in [0.2, 0.25) is 0 Å². The van der Waals surface area contributed by atoms with E-state index in [9.17, 15) is 19.6 Å². The predicted octanol–water partition coefficient (Wildman–Crippen LogP) is 1.94. The monoisotopic (exact) mass is 235 g/mol. The highest BCUT2D eigenvalue weighted by molar-refractivity contribution is 5.75. The average molecular weight is 235 g/mol. The van der Waals surface area contributed by atoms with E-state index < -0.39 is 16.8 Å². The number of nitro groups is 1. The highest BCUT2D eigenvalue weighted by Crippen LogP contribution is 2.30. The minimum absolute atomic E-state index is 0.563. The van der Waals surface area contributed by atoms with Gasteiger partial charge in [-0.25, -0.2) is 0 Å². The van der Waals surface area contributed by atoms with Gasteiger partial charge in [-0.1, -0.05) is 30.3 Å². The Bertz CT molecular complexity index is 498. The molecular weight excluding hydrogens is 225 g/mol. The first-order valence-electron chi connectivity index (χ1n) is 5.02. The molecule has 0 fully saturated rings. The fraction of sp³-hybridized carbons (Fsp3) is 0.167. The van der Waals surface area contributed by atoms with Gasteiger partial charge in [0, 0.05) is 6.08 Å². The van der Waals surface area contributed by atoms with Crippen LogP contribution in [0.5, 0.6) is 0 Å². The van der Waals surface area contributed by atoms with Crippen LogP contribution < -0.4 is 0 Å². The first kappa shape index (κ1) is 11.5. The number of nitrogens with zero attached hydrogens (tertiary/aromatic N) is 1. The minimum atomic E-state index is -2.93. The van der Waals surface area contributed by atoms with Crippen molar-refractivity contribution < 1.29 is 14.4 Å². The Kier molecular flexibility index (Phi) is 2.77. The number of benzene rings is 1. The standard InChI is InChI=1S/C12H10FNO3/c13-12(14(16)17)7-6-10(8-11(12)15)9-4-2-1-3-5-9/h1-8,11,15H. The predicted molar refractivity (Wildman–Crippen MR) is 60.4 cm³/mol. The molecule has 1 N–H and O–H groups in total. The molecule has 0 heterocycles. The zero-order valence-corrected chi connectivity index (χ0v) is 8.79. The van der Waals surface area contributed by atoms with Crippen LogP contribution in [0, 0.1) is 10.1 Å². The number of alkyl halides is 1. The summed E-state index contributed by atoms with van der Waals surface area (Å²) in [5.74, 6) is -2.93. The van der Waals surface area contributed by atoms with E-state index in [1.165, 1.54) is 6.08 Å². The van der Waals surface area contributed by atoms with Gasteiger partial charge in [0.05, 0.1) is 4.92 Å². The summed E-state index contributed by atoms with van der Waals surface area (Å²) in [6, 6.07) is 8.96. The topological polar surface area (TPSA) is 63.4 Å². The molecule has 0 spiro atoms. The lowest BCUT2D eigenvalue weighted by atomic mass is 9.94. The van der Waals surface area contributed by atoms with E-state index in [0.29, 0.717) is 5.57 Å². The normalized spacial score (nSPS) is 27.6. The quantitative estimate of drug-likeness (QED) is 0.484. The summed E-state index contributed by atoms with van der Waals surface area (Å²) in [7, 11) is 0. The third kappa shape index (κ3) is 1.97. The zero-order chi connectivity index (χ0) is 12.5. The lowest BCUT2D eigenvalue weighted by Crippen LogP contribution is -2.43. The highest BCUT2D eigenvalue weighted by Gasteiger charge is 2.49. The molecule has 0 aromatic heterocycles. The van der Waals surface area contributed by atoms with E-state index in [2.05, 4.69) is 0 Å². The van der Waals surface area contributed by atoms with Crippen molar-refractivity contribution in [2.24, 2.45) is 0 Å². The van der Waals surface area contributed by atoms with Crippen LogP contribution in [0.2, 0.25) is 0 Å². The van der Waals surface area contributed by atoms with Crippen molar-refractivity contribution >= 4 is 5.57 Å². The lowest BCUT2D eigenvalue weighted by Gasteiger charge is -2.21. The van der Waals surface area contributed by atoms with Gasteiger partial charge in [-0.2, -0.15) is 4.39 Å². The molecule has 1 aliphatic carbocycles. The van der Waals surface area contributed by atoms with Crippen LogP contribution in [0.1, 0.15) is 5.56 Å². The second kappa shape index (κ2) is 4.10. The minimum Gasteiger partial charge on any atom is -0.378 e. The lowest BCUT2D eigenvalue weighted by molar-refractivity contribution is -0.599. The molecule has 5 heteroatoms. The Morgan fingerprint density at radius 1 is 1.35 bits per heavy atom. The molecule has 1 aromatic carbocycles. The molecule has 1 aliphatic rings. The smallest absolute Gasteiger partial charge is 0.378 e. The van der Waals surface area contributed by atoms with Crippen LogP contribution in [0.4, 0.5) is 4.39 Å². The fourth-order valence-electron chi connectivity index (χ4n) is 1.64. The number of rotatable bonds is 2. The van der Waals surface area contributed by atoms with E-state index >= 15 is 0 Å². The first-order valence-corrected chi connectivity index (χ1v) is 5.02. The first-order chi connectivity index (χ1) is 8.04. The van der Waals surface area contributed by atoms with Crippen molar-refractivity contribution in [1.29, 1.82) is 0 Å². The molecule has 0 saturated carbocycles. The molecular formula is C12H10FNO3. The molecule has 88 valence electrons. The van der Waals surface area contributed by atoms with E-state index in [1.807, 2.05) is 6.07 Å². The van der Waals surface area contributed by atoms with Crippen molar-refractivity contribution in [2.45, 2.75) is 11.9 Å². The summed E-state index contributed by atoms with van der Waals surface area (Å²) in [6.07, 6.45) is 1.46. The molecule has 2 rings (SSSR count). The van der Waals surface area contributed by atoms with Crippen molar-refractivity contribution in [3.05, 3.63) is 64.2 Å². The third-order valence-electron chi connectivity index (χ3n) is 2.64. The van der Waals surface area contributed by atoms with E-state index in [4.69, 9.17) is 0 Å². The van der Waals surface area contributed by atoms with Crippen LogP contribution in [0.3, 0.4) is 0 Å². The van der Waals surface area contributed by atoms with E-state index in [-0.39, 0.29) is 0 Å². The Labute approximate surface area is 96.8 Å². The van der Waals surface area contributed by atoms with Crippen LogP contribution >= 0.6 is 0 Å². The van der Waals surface area contributed by atoms with Crippen molar-refractivity contribution in [3.63, 3.8) is 0 Å². The second-order valence-electron chi connectivity index (χ2n) is 3.75.